The predicted octanol–water partition coefficient (Wildman–Crippen LogP) is 2.70. The molecule has 0 aliphatic rings. The number of nitrogens with one attached hydrogen (secondary N) is 1. The van der Waals surface area contributed by atoms with Crippen LogP contribution in [0.4, 0.5) is 0 Å². The van der Waals surface area contributed by atoms with Crippen LogP contribution in [0.25, 0.3) is 0 Å². The Bertz CT molecular complexity index is 236. The number of hydrogen-bond donors (Lipinski definition) is 1. The monoisotopic (exact) mass is 227 g/mol. The van der Waals surface area contributed by atoms with Crippen LogP contribution in [-0.2, 0) is 11.2 Å². The normalized spacial score (nSPS) is 12.9. The third-order valence-corrected chi connectivity index (χ3v) is 3.24. The number of thiophene rings is 1. The standard InChI is InChI=1S/C12H21NOS/c1-3-13-8-6-11(2)14-9-7-12-5-4-10-15-12/h4-5,10-11,13H,3,6-9H2,1-2H3. The van der Waals surface area contributed by atoms with Gasteiger partial charge in [0, 0.05) is 11.3 Å². The molecular formula is C12H21NOS. The van der Waals surface area contributed by atoms with Crippen molar-refractivity contribution in [2.75, 3.05) is 19.7 Å². The maximum atomic E-state index is 5.73. The third kappa shape index (κ3) is 5.92. The Balaban J connectivity index is 1.99. The molecular weight excluding hydrogens is 206 g/mol. The lowest BCUT2D eigenvalue weighted by Crippen LogP contribution is -2.20. The van der Waals surface area contributed by atoms with Gasteiger partial charge in [-0.3, -0.25) is 0 Å². The van der Waals surface area contributed by atoms with E-state index in [-0.39, 0.29) is 0 Å². The minimum absolute atomic E-state index is 0.365. The van der Waals surface area contributed by atoms with Crippen LogP contribution in [-0.4, -0.2) is 25.8 Å². The van der Waals surface area contributed by atoms with Gasteiger partial charge in [-0.25, -0.2) is 0 Å². The van der Waals surface area contributed by atoms with Crippen molar-refractivity contribution >= 4 is 11.3 Å². The predicted molar refractivity (Wildman–Crippen MR) is 66.6 cm³/mol. The maximum absolute atomic E-state index is 5.73. The molecule has 3 heteroatoms. The van der Waals surface area contributed by atoms with Crippen molar-refractivity contribution in [3.05, 3.63) is 22.4 Å². The van der Waals surface area contributed by atoms with Gasteiger partial charge in [0.1, 0.15) is 0 Å². The largest absolute Gasteiger partial charge is 0.378 e. The SMILES string of the molecule is CCNCCC(C)OCCc1cccs1. The van der Waals surface area contributed by atoms with E-state index in [4.69, 9.17) is 4.74 Å². The summed E-state index contributed by atoms with van der Waals surface area (Å²) >= 11 is 1.80. The van der Waals surface area contributed by atoms with E-state index in [1.807, 2.05) is 0 Å². The van der Waals surface area contributed by atoms with Gasteiger partial charge in [-0.15, -0.1) is 11.3 Å². The fourth-order valence-electron chi connectivity index (χ4n) is 1.38. The van der Waals surface area contributed by atoms with E-state index in [9.17, 15) is 0 Å². The van der Waals surface area contributed by atoms with E-state index in [0.717, 1.165) is 32.5 Å². The smallest absolute Gasteiger partial charge is 0.0559 e. The summed E-state index contributed by atoms with van der Waals surface area (Å²) in [5.41, 5.74) is 0. The van der Waals surface area contributed by atoms with Crippen LogP contribution in [0.15, 0.2) is 17.5 Å². The zero-order valence-electron chi connectivity index (χ0n) is 9.66. The van der Waals surface area contributed by atoms with E-state index in [0.29, 0.717) is 6.10 Å². The first-order chi connectivity index (χ1) is 7.33. The molecule has 1 aromatic rings. The van der Waals surface area contributed by atoms with Crippen molar-refractivity contribution < 1.29 is 4.74 Å². The number of ether oxygens (including phenoxy) is 1. The van der Waals surface area contributed by atoms with E-state index in [1.165, 1.54) is 4.88 Å². The van der Waals surface area contributed by atoms with Crippen LogP contribution in [0.3, 0.4) is 0 Å². The Hall–Kier alpha value is -0.380. The van der Waals surface area contributed by atoms with Crippen LogP contribution >= 0.6 is 11.3 Å². The van der Waals surface area contributed by atoms with Gasteiger partial charge in [0.25, 0.3) is 0 Å². The van der Waals surface area contributed by atoms with Gasteiger partial charge in [-0.1, -0.05) is 13.0 Å². The van der Waals surface area contributed by atoms with Crippen molar-refractivity contribution in [2.45, 2.75) is 32.8 Å². The van der Waals surface area contributed by atoms with Crippen LogP contribution in [0.1, 0.15) is 25.1 Å². The molecule has 1 unspecified atom stereocenters. The van der Waals surface area contributed by atoms with E-state index in [1.54, 1.807) is 11.3 Å². The Kier molecular flexibility index (Phi) is 6.64. The highest BCUT2D eigenvalue weighted by Crippen LogP contribution is 2.09. The van der Waals surface area contributed by atoms with Crippen LogP contribution in [0, 0.1) is 0 Å². The summed E-state index contributed by atoms with van der Waals surface area (Å²) < 4.78 is 5.73. The molecule has 1 heterocycles. The third-order valence-electron chi connectivity index (χ3n) is 2.31. The molecule has 0 saturated heterocycles. The summed E-state index contributed by atoms with van der Waals surface area (Å²) in [6.45, 7) is 7.21. The molecule has 0 aromatic carbocycles. The molecule has 1 rings (SSSR count). The quantitative estimate of drug-likeness (QED) is 0.689. The van der Waals surface area contributed by atoms with Crippen molar-refractivity contribution in [3.8, 4) is 0 Å². The molecule has 0 aliphatic heterocycles. The summed E-state index contributed by atoms with van der Waals surface area (Å²) in [5.74, 6) is 0. The lowest BCUT2D eigenvalue weighted by molar-refractivity contribution is 0.0631. The lowest BCUT2D eigenvalue weighted by Gasteiger charge is -2.12. The molecule has 86 valence electrons. The molecule has 15 heavy (non-hydrogen) atoms. The van der Waals surface area contributed by atoms with Crippen LogP contribution in [0.2, 0.25) is 0 Å². The maximum Gasteiger partial charge on any atom is 0.0559 e. The minimum atomic E-state index is 0.365. The lowest BCUT2D eigenvalue weighted by atomic mass is 10.3. The number of rotatable bonds is 8. The van der Waals surface area contributed by atoms with Crippen LogP contribution in [0.5, 0.6) is 0 Å². The van der Waals surface area contributed by atoms with Crippen molar-refractivity contribution in [1.29, 1.82) is 0 Å². The van der Waals surface area contributed by atoms with Crippen LogP contribution < -0.4 is 5.32 Å². The molecule has 2 nitrogen and oxygen atoms in total. The summed E-state index contributed by atoms with van der Waals surface area (Å²) in [6, 6.07) is 4.26. The van der Waals surface area contributed by atoms with Gasteiger partial charge in [0.2, 0.25) is 0 Å². The van der Waals surface area contributed by atoms with Crippen molar-refractivity contribution in [3.63, 3.8) is 0 Å². The Morgan fingerprint density at radius 1 is 1.53 bits per heavy atom. The average Bonchev–Trinajstić information content (AvgIpc) is 2.71. The molecule has 0 amide bonds. The molecule has 1 aromatic heterocycles. The molecule has 0 saturated carbocycles. The highest BCUT2D eigenvalue weighted by molar-refractivity contribution is 7.09. The van der Waals surface area contributed by atoms with Crippen molar-refractivity contribution in [1.82, 2.24) is 5.32 Å². The first kappa shape index (κ1) is 12.7. The van der Waals surface area contributed by atoms with Gasteiger partial charge in [0.15, 0.2) is 0 Å². The summed E-state index contributed by atoms with van der Waals surface area (Å²) in [4.78, 5) is 1.41. The second-order valence-electron chi connectivity index (χ2n) is 3.65. The summed E-state index contributed by atoms with van der Waals surface area (Å²) in [7, 11) is 0. The molecule has 0 aliphatic carbocycles. The summed E-state index contributed by atoms with van der Waals surface area (Å²) in [6.07, 6.45) is 2.51. The second-order valence-corrected chi connectivity index (χ2v) is 4.69. The Morgan fingerprint density at radius 2 is 2.40 bits per heavy atom. The second kappa shape index (κ2) is 7.85. The number of hydrogen-bond acceptors (Lipinski definition) is 3. The molecule has 0 radical (unpaired) electrons. The highest BCUT2D eigenvalue weighted by atomic mass is 32.1. The molecule has 0 bridgehead atoms. The first-order valence-corrected chi connectivity index (χ1v) is 6.55. The van der Waals surface area contributed by atoms with Gasteiger partial charge >= 0.3 is 0 Å². The van der Waals surface area contributed by atoms with E-state index < -0.39 is 0 Å². The van der Waals surface area contributed by atoms with Gasteiger partial charge in [0.05, 0.1) is 12.7 Å². The molecule has 1 N–H and O–H groups in total. The van der Waals surface area contributed by atoms with Crippen molar-refractivity contribution in [2.24, 2.45) is 0 Å². The fourth-order valence-corrected chi connectivity index (χ4v) is 2.07. The average molecular weight is 227 g/mol. The van der Waals surface area contributed by atoms with E-state index in [2.05, 4.69) is 36.7 Å². The van der Waals surface area contributed by atoms with Gasteiger partial charge < -0.3 is 10.1 Å². The zero-order chi connectivity index (χ0) is 10.9. The molecule has 0 spiro atoms. The summed E-state index contributed by atoms with van der Waals surface area (Å²) in [5, 5.41) is 5.42. The molecule has 0 fully saturated rings. The zero-order valence-corrected chi connectivity index (χ0v) is 10.5. The Labute approximate surface area is 96.7 Å². The van der Waals surface area contributed by atoms with Gasteiger partial charge in [-0.05, 0) is 37.9 Å². The Morgan fingerprint density at radius 3 is 3.07 bits per heavy atom. The van der Waals surface area contributed by atoms with Gasteiger partial charge in [-0.2, -0.15) is 0 Å². The minimum Gasteiger partial charge on any atom is -0.378 e. The molecule has 1 atom stereocenters. The topological polar surface area (TPSA) is 21.3 Å². The fraction of sp³-hybridized carbons (Fsp3) is 0.667. The highest BCUT2D eigenvalue weighted by Gasteiger charge is 2.01. The first-order valence-electron chi connectivity index (χ1n) is 5.67. The van der Waals surface area contributed by atoms with E-state index >= 15 is 0 Å².